The molecule has 0 aliphatic rings. The fraction of sp³-hybridized carbons (Fsp3) is 0.214. The maximum atomic E-state index is 11.7. The molecule has 0 aliphatic carbocycles. The molecule has 5 nitrogen and oxygen atoms in total. The number of ketones is 1. The second-order valence-corrected chi connectivity index (χ2v) is 4.79. The van der Waals surface area contributed by atoms with E-state index in [1.807, 2.05) is 5.38 Å². The third kappa shape index (κ3) is 4.17. The number of rotatable bonds is 6. The average Bonchev–Trinajstić information content (AvgIpc) is 2.96. The topological polar surface area (TPSA) is 65.5 Å². The molecule has 0 saturated carbocycles. The average molecular weight is 291 g/mol. The Hall–Kier alpha value is -2.21. The smallest absolute Gasteiger partial charge is 0.338 e. The van der Waals surface area contributed by atoms with Crippen molar-refractivity contribution in [1.29, 1.82) is 0 Å². The predicted molar refractivity (Wildman–Crippen MR) is 73.9 cm³/mol. The summed E-state index contributed by atoms with van der Waals surface area (Å²) in [6.45, 7) is 1.48. The standard InChI is InChI=1S/C14H13NO4S/c1-10(16)6-19-14(17)11-3-2-4-13(5-11)18-7-12-8-20-9-15-12/h2-5,8-9H,6-7H2,1H3. The third-order valence-electron chi connectivity index (χ3n) is 2.35. The molecule has 0 N–H and O–H groups in total. The van der Waals surface area contributed by atoms with Crippen LogP contribution in [0.1, 0.15) is 23.0 Å². The minimum atomic E-state index is -0.542. The Bertz CT molecular complexity index is 595. The number of carbonyl (C=O) groups is 2. The second-order valence-electron chi connectivity index (χ2n) is 4.07. The van der Waals surface area contributed by atoms with E-state index in [1.165, 1.54) is 18.3 Å². The van der Waals surface area contributed by atoms with E-state index in [2.05, 4.69) is 4.98 Å². The van der Waals surface area contributed by atoms with Gasteiger partial charge in [-0.05, 0) is 25.1 Å². The minimum absolute atomic E-state index is 0.200. The fourth-order valence-electron chi connectivity index (χ4n) is 1.43. The van der Waals surface area contributed by atoms with Crippen molar-refractivity contribution in [3.63, 3.8) is 0 Å². The lowest BCUT2D eigenvalue weighted by molar-refractivity contribution is -0.120. The first kappa shape index (κ1) is 14.2. The molecule has 1 heterocycles. The summed E-state index contributed by atoms with van der Waals surface area (Å²) in [5, 5.41) is 1.89. The zero-order valence-corrected chi connectivity index (χ0v) is 11.7. The summed E-state index contributed by atoms with van der Waals surface area (Å²) in [4.78, 5) is 26.6. The molecule has 2 rings (SSSR count). The summed E-state index contributed by atoms with van der Waals surface area (Å²) in [6, 6.07) is 6.63. The summed E-state index contributed by atoms with van der Waals surface area (Å²) in [5.74, 6) is -0.191. The number of thiazole rings is 1. The molecule has 104 valence electrons. The number of hydrogen-bond donors (Lipinski definition) is 0. The molecule has 0 fully saturated rings. The minimum Gasteiger partial charge on any atom is -0.487 e. The highest BCUT2D eigenvalue weighted by molar-refractivity contribution is 7.07. The number of carbonyl (C=O) groups excluding carboxylic acids is 2. The molecule has 0 atom stereocenters. The Morgan fingerprint density at radius 3 is 2.90 bits per heavy atom. The van der Waals surface area contributed by atoms with Crippen LogP contribution in [-0.2, 0) is 16.1 Å². The van der Waals surface area contributed by atoms with Crippen molar-refractivity contribution in [2.24, 2.45) is 0 Å². The summed E-state index contributed by atoms with van der Waals surface area (Å²) < 4.78 is 10.4. The van der Waals surface area contributed by atoms with Gasteiger partial charge in [0.1, 0.15) is 19.0 Å². The van der Waals surface area contributed by atoms with Crippen LogP contribution in [0.15, 0.2) is 35.2 Å². The van der Waals surface area contributed by atoms with Gasteiger partial charge in [-0.3, -0.25) is 4.79 Å². The maximum absolute atomic E-state index is 11.7. The van der Waals surface area contributed by atoms with Crippen molar-refractivity contribution < 1.29 is 19.1 Å². The molecule has 0 saturated heterocycles. The van der Waals surface area contributed by atoms with Gasteiger partial charge in [-0.2, -0.15) is 0 Å². The summed E-state index contributed by atoms with van der Waals surface area (Å²) >= 11 is 1.49. The highest BCUT2D eigenvalue weighted by Crippen LogP contribution is 2.16. The van der Waals surface area contributed by atoms with E-state index in [4.69, 9.17) is 9.47 Å². The summed E-state index contributed by atoms with van der Waals surface area (Å²) in [5.41, 5.74) is 2.91. The van der Waals surface area contributed by atoms with Crippen molar-refractivity contribution in [2.75, 3.05) is 6.61 Å². The van der Waals surface area contributed by atoms with Gasteiger partial charge in [0.2, 0.25) is 0 Å². The summed E-state index contributed by atoms with van der Waals surface area (Å²) in [6.07, 6.45) is 0. The molecule has 0 unspecified atom stereocenters. The molecule has 2 aromatic rings. The first-order valence-electron chi connectivity index (χ1n) is 5.91. The molecule has 0 radical (unpaired) electrons. The number of nitrogens with zero attached hydrogens (tertiary/aromatic N) is 1. The van der Waals surface area contributed by atoms with E-state index >= 15 is 0 Å². The van der Waals surface area contributed by atoms with Crippen molar-refractivity contribution >= 4 is 23.1 Å². The van der Waals surface area contributed by atoms with E-state index in [-0.39, 0.29) is 12.4 Å². The second kappa shape index (κ2) is 6.81. The molecule has 0 bridgehead atoms. The number of benzene rings is 1. The number of aromatic nitrogens is 1. The maximum Gasteiger partial charge on any atom is 0.338 e. The lowest BCUT2D eigenvalue weighted by atomic mass is 10.2. The largest absolute Gasteiger partial charge is 0.487 e. The SMILES string of the molecule is CC(=O)COC(=O)c1cccc(OCc2cscn2)c1. The number of ether oxygens (including phenoxy) is 2. The zero-order chi connectivity index (χ0) is 14.4. The van der Waals surface area contributed by atoms with Gasteiger partial charge in [-0.15, -0.1) is 11.3 Å². The molecule has 0 spiro atoms. The van der Waals surface area contributed by atoms with Crippen LogP contribution in [0.2, 0.25) is 0 Å². The van der Waals surface area contributed by atoms with Crippen LogP contribution in [0.4, 0.5) is 0 Å². The molecule has 1 aromatic heterocycles. The van der Waals surface area contributed by atoms with Gasteiger partial charge in [0.25, 0.3) is 0 Å². The first-order valence-corrected chi connectivity index (χ1v) is 6.86. The summed E-state index contributed by atoms with van der Waals surface area (Å²) in [7, 11) is 0. The Balaban J connectivity index is 1.96. The fourth-order valence-corrected chi connectivity index (χ4v) is 1.97. The molecule has 6 heteroatoms. The van der Waals surface area contributed by atoms with Crippen LogP contribution < -0.4 is 4.74 Å². The molecule has 0 aliphatic heterocycles. The lowest BCUT2D eigenvalue weighted by Crippen LogP contribution is -2.11. The van der Waals surface area contributed by atoms with Gasteiger partial charge in [0.15, 0.2) is 5.78 Å². The number of Topliss-reactive ketones (excluding diaryl/α,β-unsaturated/α-hetero) is 1. The van der Waals surface area contributed by atoms with E-state index in [1.54, 1.807) is 29.8 Å². The molecular weight excluding hydrogens is 278 g/mol. The van der Waals surface area contributed by atoms with Gasteiger partial charge >= 0.3 is 5.97 Å². The highest BCUT2D eigenvalue weighted by Gasteiger charge is 2.09. The molecular formula is C14H13NO4S. The monoisotopic (exact) mass is 291 g/mol. The number of hydrogen-bond acceptors (Lipinski definition) is 6. The van der Waals surface area contributed by atoms with Crippen LogP contribution in [0, 0.1) is 0 Å². The van der Waals surface area contributed by atoms with Gasteiger partial charge in [0.05, 0.1) is 16.8 Å². The van der Waals surface area contributed by atoms with Crippen molar-refractivity contribution in [2.45, 2.75) is 13.5 Å². The Morgan fingerprint density at radius 2 is 2.20 bits per heavy atom. The van der Waals surface area contributed by atoms with Gasteiger partial charge in [0, 0.05) is 5.38 Å². The Labute approximate surface area is 120 Å². The predicted octanol–water partition coefficient (Wildman–Crippen LogP) is 2.47. The van der Waals surface area contributed by atoms with Crippen LogP contribution >= 0.6 is 11.3 Å². The van der Waals surface area contributed by atoms with Crippen LogP contribution in [-0.4, -0.2) is 23.3 Å². The van der Waals surface area contributed by atoms with E-state index in [0.29, 0.717) is 17.9 Å². The van der Waals surface area contributed by atoms with Gasteiger partial charge in [-0.25, -0.2) is 9.78 Å². The van der Waals surface area contributed by atoms with Gasteiger partial charge in [-0.1, -0.05) is 6.07 Å². The van der Waals surface area contributed by atoms with Crippen molar-refractivity contribution in [3.8, 4) is 5.75 Å². The van der Waals surface area contributed by atoms with Crippen LogP contribution in [0.25, 0.3) is 0 Å². The highest BCUT2D eigenvalue weighted by atomic mass is 32.1. The lowest BCUT2D eigenvalue weighted by Gasteiger charge is -2.06. The van der Waals surface area contributed by atoms with E-state index < -0.39 is 5.97 Å². The number of esters is 1. The molecule has 1 aromatic carbocycles. The molecule has 0 amide bonds. The Morgan fingerprint density at radius 1 is 1.35 bits per heavy atom. The quantitative estimate of drug-likeness (QED) is 0.765. The van der Waals surface area contributed by atoms with Crippen LogP contribution in [0.5, 0.6) is 5.75 Å². The van der Waals surface area contributed by atoms with E-state index in [9.17, 15) is 9.59 Å². The van der Waals surface area contributed by atoms with Crippen LogP contribution in [0.3, 0.4) is 0 Å². The van der Waals surface area contributed by atoms with Gasteiger partial charge < -0.3 is 9.47 Å². The third-order valence-corrected chi connectivity index (χ3v) is 2.98. The van der Waals surface area contributed by atoms with E-state index in [0.717, 1.165) is 5.69 Å². The Kier molecular flexibility index (Phi) is 4.84. The zero-order valence-electron chi connectivity index (χ0n) is 10.9. The normalized spacial score (nSPS) is 10.1. The molecule has 20 heavy (non-hydrogen) atoms. The first-order chi connectivity index (χ1) is 9.65. The van der Waals surface area contributed by atoms with Crippen molar-refractivity contribution in [1.82, 2.24) is 4.98 Å². The van der Waals surface area contributed by atoms with Crippen molar-refractivity contribution in [3.05, 3.63) is 46.4 Å².